The molecule has 0 spiro atoms. The normalized spacial score (nSPS) is 10.5. The van der Waals surface area contributed by atoms with E-state index in [0.29, 0.717) is 12.3 Å². The number of hydrogen-bond acceptors (Lipinski definition) is 4. The molecule has 1 aromatic heterocycles. The van der Waals surface area contributed by atoms with Crippen LogP contribution in [-0.4, -0.2) is 11.6 Å². The van der Waals surface area contributed by atoms with Crippen molar-refractivity contribution in [2.24, 2.45) is 0 Å². The Balaban J connectivity index is 1.93. The van der Waals surface area contributed by atoms with Crippen LogP contribution in [0.25, 0.3) is 10.9 Å². The highest BCUT2D eigenvalue weighted by molar-refractivity contribution is 5.99. The van der Waals surface area contributed by atoms with E-state index in [9.17, 15) is 0 Å². The van der Waals surface area contributed by atoms with Crippen molar-refractivity contribution < 1.29 is 4.74 Å². The summed E-state index contributed by atoms with van der Waals surface area (Å²) in [7, 11) is 0. The number of benzene rings is 2. The number of ether oxygens (including phenoxy) is 1. The summed E-state index contributed by atoms with van der Waals surface area (Å²) >= 11 is 0. The molecule has 3 N–H and O–H groups in total. The average Bonchev–Trinajstić information content (AvgIpc) is 2.52. The lowest BCUT2D eigenvalue weighted by molar-refractivity contribution is 0.340. The maximum absolute atomic E-state index is 5.96. The highest BCUT2D eigenvalue weighted by atomic mass is 16.5. The van der Waals surface area contributed by atoms with Crippen molar-refractivity contribution in [3.05, 3.63) is 54.7 Å². The summed E-state index contributed by atoms with van der Waals surface area (Å²) in [5.74, 6) is 0.867. The van der Waals surface area contributed by atoms with Crippen LogP contribution in [-0.2, 0) is 0 Å². The Kier molecular flexibility index (Phi) is 3.60. The molecule has 3 rings (SSSR count). The van der Waals surface area contributed by atoms with Gasteiger partial charge in [0.15, 0.2) is 0 Å². The fraction of sp³-hybridized carbons (Fsp3) is 0.118. The summed E-state index contributed by atoms with van der Waals surface area (Å²) in [5.41, 5.74) is 9.44. The third-order valence-corrected chi connectivity index (χ3v) is 3.25. The van der Waals surface area contributed by atoms with E-state index in [2.05, 4.69) is 10.3 Å². The highest BCUT2D eigenvalue weighted by Gasteiger charge is 2.05. The third kappa shape index (κ3) is 2.74. The molecular formula is C17H17N3O. The predicted octanol–water partition coefficient (Wildman–Crippen LogP) is 3.96. The van der Waals surface area contributed by atoms with Gasteiger partial charge in [-0.3, -0.25) is 4.98 Å². The van der Waals surface area contributed by atoms with Gasteiger partial charge in [-0.15, -0.1) is 0 Å². The first-order chi connectivity index (χ1) is 10.3. The molecule has 0 saturated carbocycles. The Morgan fingerprint density at radius 1 is 1.10 bits per heavy atom. The number of anilines is 3. The SMILES string of the molecule is CCOc1ccc(Nc2ccc(N)c3ncccc23)cc1. The summed E-state index contributed by atoms with van der Waals surface area (Å²) in [5, 5.41) is 4.40. The van der Waals surface area contributed by atoms with Gasteiger partial charge in [-0.1, -0.05) is 0 Å². The summed E-state index contributed by atoms with van der Waals surface area (Å²) in [6, 6.07) is 15.6. The minimum absolute atomic E-state index is 0.668. The van der Waals surface area contributed by atoms with E-state index >= 15 is 0 Å². The number of nitrogen functional groups attached to an aromatic ring is 1. The first-order valence-corrected chi connectivity index (χ1v) is 6.91. The van der Waals surface area contributed by atoms with Gasteiger partial charge in [0.25, 0.3) is 0 Å². The minimum atomic E-state index is 0.668. The smallest absolute Gasteiger partial charge is 0.119 e. The molecule has 0 atom stereocenters. The Hall–Kier alpha value is -2.75. The van der Waals surface area contributed by atoms with Crippen LogP contribution in [0.5, 0.6) is 5.75 Å². The first kappa shape index (κ1) is 13.2. The van der Waals surface area contributed by atoms with Crippen molar-refractivity contribution in [2.75, 3.05) is 17.7 Å². The largest absolute Gasteiger partial charge is 0.494 e. The van der Waals surface area contributed by atoms with Crippen LogP contribution in [0.3, 0.4) is 0 Å². The number of hydrogen-bond donors (Lipinski definition) is 2. The summed E-state index contributed by atoms with van der Waals surface area (Å²) in [6.45, 7) is 2.64. The molecule has 4 heteroatoms. The molecule has 21 heavy (non-hydrogen) atoms. The molecule has 0 saturated heterocycles. The minimum Gasteiger partial charge on any atom is -0.494 e. The number of fused-ring (bicyclic) bond motifs is 1. The number of pyridine rings is 1. The number of nitrogens with zero attached hydrogens (tertiary/aromatic N) is 1. The molecule has 3 aromatic rings. The maximum atomic E-state index is 5.96. The molecule has 0 aliphatic carbocycles. The van der Waals surface area contributed by atoms with Crippen molar-refractivity contribution in [3.63, 3.8) is 0 Å². The first-order valence-electron chi connectivity index (χ1n) is 6.91. The Labute approximate surface area is 123 Å². The lowest BCUT2D eigenvalue weighted by Gasteiger charge is -2.11. The van der Waals surface area contributed by atoms with Crippen LogP contribution < -0.4 is 15.8 Å². The van der Waals surface area contributed by atoms with E-state index in [-0.39, 0.29) is 0 Å². The van der Waals surface area contributed by atoms with Gasteiger partial charge in [0, 0.05) is 23.0 Å². The molecule has 0 unspecified atom stereocenters. The average molecular weight is 279 g/mol. The van der Waals surface area contributed by atoms with Gasteiger partial charge in [0.1, 0.15) is 5.75 Å². The van der Waals surface area contributed by atoms with Crippen LogP contribution in [0.4, 0.5) is 17.1 Å². The zero-order valence-electron chi connectivity index (χ0n) is 11.8. The fourth-order valence-corrected chi connectivity index (χ4v) is 2.26. The molecule has 0 amide bonds. The summed E-state index contributed by atoms with van der Waals surface area (Å²) in [6.07, 6.45) is 1.75. The van der Waals surface area contributed by atoms with Crippen LogP contribution in [0.15, 0.2) is 54.7 Å². The zero-order valence-corrected chi connectivity index (χ0v) is 11.8. The molecular weight excluding hydrogens is 262 g/mol. The van der Waals surface area contributed by atoms with Crippen molar-refractivity contribution >= 4 is 28.0 Å². The van der Waals surface area contributed by atoms with Crippen LogP contribution in [0, 0.1) is 0 Å². The number of rotatable bonds is 4. The van der Waals surface area contributed by atoms with E-state index in [4.69, 9.17) is 10.5 Å². The van der Waals surface area contributed by atoms with Gasteiger partial charge in [-0.25, -0.2) is 0 Å². The molecule has 0 radical (unpaired) electrons. The second-order valence-electron chi connectivity index (χ2n) is 4.68. The molecule has 0 aliphatic rings. The number of nitrogens with one attached hydrogen (secondary N) is 1. The van der Waals surface area contributed by atoms with Gasteiger partial charge >= 0.3 is 0 Å². The van der Waals surface area contributed by atoms with Crippen LogP contribution in [0.2, 0.25) is 0 Å². The quantitative estimate of drug-likeness (QED) is 0.710. The second kappa shape index (κ2) is 5.71. The van der Waals surface area contributed by atoms with Gasteiger partial charge in [-0.05, 0) is 55.5 Å². The fourth-order valence-electron chi connectivity index (χ4n) is 2.26. The molecule has 0 fully saturated rings. The van der Waals surface area contributed by atoms with Crippen LogP contribution in [0.1, 0.15) is 6.92 Å². The lowest BCUT2D eigenvalue weighted by atomic mass is 10.1. The highest BCUT2D eigenvalue weighted by Crippen LogP contribution is 2.29. The Morgan fingerprint density at radius 2 is 1.90 bits per heavy atom. The van der Waals surface area contributed by atoms with Gasteiger partial charge in [0.05, 0.1) is 17.8 Å². The summed E-state index contributed by atoms with van der Waals surface area (Å²) in [4.78, 5) is 4.34. The monoisotopic (exact) mass is 279 g/mol. The standard InChI is InChI=1S/C17H17N3O/c1-2-21-13-7-5-12(6-8-13)20-16-10-9-15(18)17-14(16)4-3-11-19-17/h3-11,20H,2,18H2,1H3. The van der Waals surface area contributed by atoms with Crippen molar-refractivity contribution in [3.8, 4) is 5.75 Å². The van der Waals surface area contributed by atoms with Crippen molar-refractivity contribution in [2.45, 2.75) is 6.92 Å². The second-order valence-corrected chi connectivity index (χ2v) is 4.68. The van der Waals surface area contributed by atoms with E-state index in [1.165, 1.54) is 0 Å². The molecule has 2 aromatic carbocycles. The molecule has 1 heterocycles. The van der Waals surface area contributed by atoms with Gasteiger partial charge in [-0.2, -0.15) is 0 Å². The van der Waals surface area contributed by atoms with Crippen molar-refractivity contribution in [1.82, 2.24) is 4.98 Å². The third-order valence-electron chi connectivity index (χ3n) is 3.25. The van der Waals surface area contributed by atoms with E-state index in [0.717, 1.165) is 28.0 Å². The zero-order chi connectivity index (χ0) is 14.7. The van der Waals surface area contributed by atoms with E-state index < -0.39 is 0 Å². The summed E-state index contributed by atoms with van der Waals surface area (Å²) < 4.78 is 5.44. The molecule has 4 nitrogen and oxygen atoms in total. The van der Waals surface area contributed by atoms with Crippen molar-refractivity contribution in [1.29, 1.82) is 0 Å². The van der Waals surface area contributed by atoms with Gasteiger partial charge < -0.3 is 15.8 Å². The molecule has 0 aliphatic heterocycles. The number of aromatic nitrogens is 1. The predicted molar refractivity (Wildman–Crippen MR) is 87.0 cm³/mol. The lowest BCUT2D eigenvalue weighted by Crippen LogP contribution is -1.96. The van der Waals surface area contributed by atoms with Crippen LogP contribution >= 0.6 is 0 Å². The van der Waals surface area contributed by atoms with E-state index in [1.807, 2.05) is 55.5 Å². The van der Waals surface area contributed by atoms with E-state index in [1.54, 1.807) is 6.20 Å². The molecule has 0 bridgehead atoms. The molecule has 106 valence electrons. The Bertz CT molecular complexity index is 754. The Morgan fingerprint density at radius 3 is 2.67 bits per heavy atom. The van der Waals surface area contributed by atoms with Gasteiger partial charge in [0.2, 0.25) is 0 Å². The number of nitrogens with two attached hydrogens (primary N) is 1. The maximum Gasteiger partial charge on any atom is 0.119 e. The topological polar surface area (TPSA) is 60.2 Å².